The lowest BCUT2D eigenvalue weighted by Crippen LogP contribution is -2.19. The Balaban J connectivity index is 2.03. The number of rotatable bonds is 4. The molecule has 1 aromatic carbocycles. The van der Waals surface area contributed by atoms with Gasteiger partial charge in [-0.15, -0.1) is 0 Å². The van der Waals surface area contributed by atoms with E-state index in [1.165, 1.54) is 18.3 Å². The van der Waals surface area contributed by atoms with E-state index in [1.807, 2.05) is 0 Å². The Morgan fingerprint density at radius 2 is 1.95 bits per heavy atom. The van der Waals surface area contributed by atoms with Gasteiger partial charge in [-0.05, 0) is 11.6 Å². The highest BCUT2D eigenvalue weighted by Gasteiger charge is 2.32. The number of nitrogens with zero attached hydrogens (tertiary/aromatic N) is 2. The molecule has 0 atom stereocenters. The summed E-state index contributed by atoms with van der Waals surface area (Å²) in [5, 5.41) is 3.43. The number of aromatic nitrogens is 2. The lowest BCUT2D eigenvalue weighted by Gasteiger charge is -2.13. The Bertz CT molecular complexity index is 593. The molecular formula is C13H13ClF3N3. The molecule has 0 aliphatic carbocycles. The van der Waals surface area contributed by atoms with Crippen molar-refractivity contribution in [3.05, 3.63) is 52.6 Å². The normalized spacial score (nSPS) is 11.8. The molecule has 0 spiro atoms. The topological polar surface area (TPSA) is 29.9 Å². The maximum Gasteiger partial charge on any atom is 0.416 e. The molecule has 0 bridgehead atoms. The Morgan fingerprint density at radius 3 is 2.55 bits per heavy atom. The van der Waals surface area contributed by atoms with Gasteiger partial charge >= 0.3 is 6.18 Å². The van der Waals surface area contributed by atoms with E-state index < -0.39 is 11.7 Å². The van der Waals surface area contributed by atoms with Gasteiger partial charge < -0.3 is 9.88 Å². The monoisotopic (exact) mass is 303 g/mol. The molecule has 0 unspecified atom stereocenters. The number of nitrogens with one attached hydrogen (secondary N) is 1. The van der Waals surface area contributed by atoms with Crippen molar-refractivity contribution in [3.63, 3.8) is 0 Å². The summed E-state index contributed by atoms with van der Waals surface area (Å²) >= 11 is 5.83. The number of alkyl halides is 3. The van der Waals surface area contributed by atoms with E-state index in [-0.39, 0.29) is 12.1 Å². The van der Waals surface area contributed by atoms with E-state index in [4.69, 9.17) is 11.6 Å². The minimum atomic E-state index is -4.34. The minimum Gasteiger partial charge on any atom is -0.321 e. The first-order chi connectivity index (χ1) is 9.39. The maximum absolute atomic E-state index is 12.8. The Kier molecular flexibility index (Phi) is 4.35. The fraction of sp³-hybridized carbons (Fsp3) is 0.308. The third kappa shape index (κ3) is 3.32. The van der Waals surface area contributed by atoms with E-state index in [9.17, 15) is 13.2 Å². The second kappa shape index (κ2) is 5.85. The van der Waals surface area contributed by atoms with Crippen LogP contribution in [0.3, 0.4) is 0 Å². The first-order valence-corrected chi connectivity index (χ1v) is 6.29. The summed E-state index contributed by atoms with van der Waals surface area (Å²) in [5.74, 6) is 0.666. The molecule has 0 saturated heterocycles. The maximum atomic E-state index is 12.8. The molecule has 0 saturated carbocycles. The van der Waals surface area contributed by atoms with Crippen molar-refractivity contribution in [3.8, 4) is 0 Å². The van der Waals surface area contributed by atoms with Gasteiger partial charge in [0.15, 0.2) is 0 Å². The van der Waals surface area contributed by atoms with Gasteiger partial charge in [0.1, 0.15) is 11.0 Å². The fourth-order valence-electron chi connectivity index (χ4n) is 1.85. The molecule has 0 aliphatic rings. The van der Waals surface area contributed by atoms with Crippen molar-refractivity contribution in [1.82, 2.24) is 14.9 Å². The standard InChI is InChI=1S/C13H13ClF3N3/c1-20-11(14)7-19-12(20)8-18-6-9-4-2-3-5-10(9)13(15,16)17/h2-5,7,18H,6,8H2,1H3. The van der Waals surface area contributed by atoms with Crippen LogP contribution in [0.1, 0.15) is 17.0 Å². The summed E-state index contributed by atoms with van der Waals surface area (Å²) in [4.78, 5) is 4.06. The van der Waals surface area contributed by atoms with Gasteiger partial charge in [-0.2, -0.15) is 13.2 Å². The van der Waals surface area contributed by atoms with Crippen LogP contribution in [0.4, 0.5) is 13.2 Å². The first-order valence-electron chi connectivity index (χ1n) is 5.91. The van der Waals surface area contributed by atoms with Crippen molar-refractivity contribution >= 4 is 11.6 Å². The van der Waals surface area contributed by atoms with E-state index in [0.29, 0.717) is 17.5 Å². The van der Waals surface area contributed by atoms with Gasteiger partial charge in [0.05, 0.1) is 18.3 Å². The van der Waals surface area contributed by atoms with Crippen molar-refractivity contribution in [1.29, 1.82) is 0 Å². The molecule has 0 radical (unpaired) electrons. The summed E-state index contributed by atoms with van der Waals surface area (Å²) in [5.41, 5.74) is -0.411. The summed E-state index contributed by atoms with van der Waals surface area (Å²) in [6, 6.07) is 5.50. The Hall–Kier alpha value is -1.53. The van der Waals surface area contributed by atoms with Crippen molar-refractivity contribution in [2.24, 2.45) is 7.05 Å². The van der Waals surface area contributed by atoms with Crippen LogP contribution >= 0.6 is 11.6 Å². The number of hydrogen-bond donors (Lipinski definition) is 1. The second-order valence-corrected chi connectivity index (χ2v) is 4.70. The zero-order chi connectivity index (χ0) is 14.8. The highest BCUT2D eigenvalue weighted by atomic mass is 35.5. The molecule has 1 N–H and O–H groups in total. The zero-order valence-electron chi connectivity index (χ0n) is 10.7. The van der Waals surface area contributed by atoms with Crippen LogP contribution in [-0.4, -0.2) is 9.55 Å². The first kappa shape index (κ1) is 14.9. The average molecular weight is 304 g/mol. The molecule has 0 aliphatic heterocycles. The number of halogens is 4. The molecule has 1 aromatic heterocycles. The third-order valence-corrected chi connectivity index (χ3v) is 3.30. The lowest BCUT2D eigenvalue weighted by atomic mass is 10.1. The molecular weight excluding hydrogens is 291 g/mol. The quantitative estimate of drug-likeness (QED) is 0.938. The van der Waals surface area contributed by atoms with Gasteiger partial charge in [-0.1, -0.05) is 29.8 Å². The van der Waals surface area contributed by atoms with Gasteiger partial charge in [-0.3, -0.25) is 0 Å². The molecule has 2 rings (SSSR count). The van der Waals surface area contributed by atoms with Crippen LogP contribution in [0.15, 0.2) is 30.5 Å². The number of imidazole rings is 1. The van der Waals surface area contributed by atoms with Gasteiger partial charge in [0.2, 0.25) is 0 Å². The van der Waals surface area contributed by atoms with Gasteiger partial charge in [-0.25, -0.2) is 4.98 Å². The van der Waals surface area contributed by atoms with Crippen molar-refractivity contribution in [2.45, 2.75) is 19.3 Å². The average Bonchev–Trinajstić information content (AvgIpc) is 2.70. The summed E-state index contributed by atoms with van der Waals surface area (Å²) in [6.07, 6.45) is -2.84. The van der Waals surface area contributed by atoms with Crippen LogP contribution in [0.5, 0.6) is 0 Å². The Morgan fingerprint density at radius 1 is 1.25 bits per heavy atom. The van der Waals surface area contributed by atoms with E-state index in [2.05, 4.69) is 10.3 Å². The zero-order valence-corrected chi connectivity index (χ0v) is 11.5. The van der Waals surface area contributed by atoms with Gasteiger partial charge in [0.25, 0.3) is 0 Å². The molecule has 20 heavy (non-hydrogen) atoms. The van der Waals surface area contributed by atoms with Crippen LogP contribution in [-0.2, 0) is 26.3 Å². The van der Waals surface area contributed by atoms with Crippen LogP contribution < -0.4 is 5.32 Å². The third-order valence-electron chi connectivity index (χ3n) is 2.95. The Labute approximate surface area is 119 Å². The summed E-state index contributed by atoms with van der Waals surface area (Å²) in [6.45, 7) is 0.454. The SMILES string of the molecule is Cn1c(Cl)cnc1CNCc1ccccc1C(F)(F)F. The van der Waals surface area contributed by atoms with Crippen molar-refractivity contribution in [2.75, 3.05) is 0 Å². The molecule has 3 nitrogen and oxygen atoms in total. The summed E-state index contributed by atoms with van der Waals surface area (Å²) in [7, 11) is 1.75. The van der Waals surface area contributed by atoms with E-state index in [1.54, 1.807) is 17.7 Å². The lowest BCUT2D eigenvalue weighted by molar-refractivity contribution is -0.138. The molecule has 7 heteroatoms. The molecule has 2 aromatic rings. The van der Waals surface area contributed by atoms with Crippen LogP contribution in [0, 0.1) is 0 Å². The highest BCUT2D eigenvalue weighted by Crippen LogP contribution is 2.31. The predicted molar refractivity (Wildman–Crippen MR) is 70.2 cm³/mol. The van der Waals surface area contributed by atoms with Crippen LogP contribution in [0.25, 0.3) is 0 Å². The highest BCUT2D eigenvalue weighted by molar-refractivity contribution is 6.29. The molecule has 0 amide bonds. The van der Waals surface area contributed by atoms with E-state index in [0.717, 1.165) is 6.07 Å². The molecule has 0 fully saturated rings. The van der Waals surface area contributed by atoms with E-state index >= 15 is 0 Å². The fourth-order valence-corrected chi connectivity index (χ4v) is 1.99. The van der Waals surface area contributed by atoms with Crippen molar-refractivity contribution < 1.29 is 13.2 Å². The molecule has 108 valence electrons. The van der Waals surface area contributed by atoms with Crippen LogP contribution in [0.2, 0.25) is 5.15 Å². The minimum absolute atomic E-state index is 0.111. The van der Waals surface area contributed by atoms with Gasteiger partial charge in [0, 0.05) is 13.6 Å². The second-order valence-electron chi connectivity index (χ2n) is 4.31. The molecule has 1 heterocycles. The summed E-state index contributed by atoms with van der Waals surface area (Å²) < 4.78 is 40.1. The largest absolute Gasteiger partial charge is 0.416 e. The smallest absolute Gasteiger partial charge is 0.321 e. The number of hydrogen-bond acceptors (Lipinski definition) is 2. The number of benzene rings is 1. The predicted octanol–water partition coefficient (Wildman–Crippen LogP) is 3.38.